The van der Waals surface area contributed by atoms with Crippen LogP contribution < -0.4 is 10.1 Å². The predicted molar refractivity (Wildman–Crippen MR) is 77.6 cm³/mol. The van der Waals surface area contributed by atoms with E-state index in [2.05, 4.69) is 10.1 Å². The first kappa shape index (κ1) is 15.8. The number of ether oxygens (including phenoxy) is 2. The van der Waals surface area contributed by atoms with E-state index in [-0.39, 0.29) is 5.91 Å². The number of nitrogens with zero attached hydrogens (tertiary/aromatic N) is 1. The third-order valence-electron chi connectivity index (χ3n) is 3.43. The van der Waals surface area contributed by atoms with Gasteiger partial charge in [0.1, 0.15) is 11.8 Å². The Hall–Kier alpha value is -2.57. The van der Waals surface area contributed by atoms with Gasteiger partial charge in [-0.3, -0.25) is 9.69 Å². The van der Waals surface area contributed by atoms with Crippen molar-refractivity contribution in [3.05, 3.63) is 29.8 Å². The predicted octanol–water partition coefficient (Wildman–Crippen LogP) is 1.18. The van der Waals surface area contributed by atoms with Crippen LogP contribution in [0.5, 0.6) is 5.75 Å². The Morgan fingerprint density at radius 3 is 2.59 bits per heavy atom. The van der Waals surface area contributed by atoms with Crippen molar-refractivity contribution in [2.45, 2.75) is 19.4 Å². The van der Waals surface area contributed by atoms with Crippen LogP contribution in [0.15, 0.2) is 24.3 Å². The van der Waals surface area contributed by atoms with Crippen LogP contribution in [0.4, 0.5) is 4.79 Å². The fourth-order valence-corrected chi connectivity index (χ4v) is 2.28. The average Bonchev–Trinajstić information content (AvgIpc) is 2.54. The van der Waals surface area contributed by atoms with Crippen LogP contribution in [0.25, 0.3) is 0 Å². The van der Waals surface area contributed by atoms with Crippen molar-refractivity contribution >= 4 is 18.0 Å². The Balaban J connectivity index is 2.04. The molecule has 0 radical (unpaired) electrons. The number of rotatable bonds is 3. The van der Waals surface area contributed by atoms with Gasteiger partial charge in [-0.1, -0.05) is 6.92 Å². The van der Waals surface area contributed by atoms with E-state index in [1.54, 1.807) is 0 Å². The van der Waals surface area contributed by atoms with Gasteiger partial charge in [-0.2, -0.15) is 0 Å². The molecule has 1 unspecified atom stereocenters. The number of amides is 2. The van der Waals surface area contributed by atoms with Gasteiger partial charge in [0, 0.05) is 13.1 Å². The molecule has 1 atom stereocenters. The Morgan fingerprint density at radius 1 is 1.32 bits per heavy atom. The fourth-order valence-electron chi connectivity index (χ4n) is 2.28. The third kappa shape index (κ3) is 3.36. The van der Waals surface area contributed by atoms with E-state index in [0.717, 1.165) is 0 Å². The van der Waals surface area contributed by atoms with Crippen molar-refractivity contribution in [1.29, 1.82) is 0 Å². The number of nitrogens with one attached hydrogen (secondary N) is 1. The minimum absolute atomic E-state index is 0.174. The van der Waals surface area contributed by atoms with Crippen LogP contribution in [0.2, 0.25) is 0 Å². The summed E-state index contributed by atoms with van der Waals surface area (Å²) in [4.78, 5) is 36.7. The highest BCUT2D eigenvalue weighted by molar-refractivity contribution is 5.89. The summed E-state index contributed by atoms with van der Waals surface area (Å²) < 4.78 is 9.85. The van der Waals surface area contributed by atoms with E-state index in [9.17, 15) is 14.4 Å². The Bertz CT molecular complexity index is 570. The maximum atomic E-state index is 12.2. The zero-order valence-corrected chi connectivity index (χ0v) is 12.5. The van der Waals surface area contributed by atoms with Crippen molar-refractivity contribution in [2.24, 2.45) is 0 Å². The normalized spacial score (nSPS) is 17.6. The minimum Gasteiger partial charge on any atom is -0.465 e. The molecule has 1 heterocycles. The van der Waals surface area contributed by atoms with Crippen LogP contribution in [0.3, 0.4) is 0 Å². The smallest absolute Gasteiger partial charge is 0.415 e. The second kappa shape index (κ2) is 6.93. The number of esters is 1. The monoisotopic (exact) mass is 306 g/mol. The molecule has 1 aromatic rings. The lowest BCUT2D eigenvalue weighted by Crippen LogP contribution is -2.57. The van der Waals surface area contributed by atoms with Gasteiger partial charge in [-0.15, -0.1) is 0 Å². The lowest BCUT2D eigenvalue weighted by molar-refractivity contribution is -0.128. The summed E-state index contributed by atoms with van der Waals surface area (Å²) in [6, 6.07) is 5.52. The first-order valence-corrected chi connectivity index (χ1v) is 7.01. The lowest BCUT2D eigenvalue weighted by atomic mass is 10.1. The topological polar surface area (TPSA) is 84.9 Å². The van der Waals surface area contributed by atoms with E-state index in [0.29, 0.717) is 30.8 Å². The fraction of sp³-hybridized carbons (Fsp3) is 0.400. The first-order valence-electron chi connectivity index (χ1n) is 7.01. The molecule has 1 aliphatic heterocycles. The first-order chi connectivity index (χ1) is 10.6. The summed E-state index contributed by atoms with van der Waals surface area (Å²) in [6.45, 7) is 2.65. The van der Waals surface area contributed by atoms with Crippen molar-refractivity contribution < 1.29 is 23.9 Å². The summed E-state index contributed by atoms with van der Waals surface area (Å²) in [5.74, 6) is -0.332. The molecular formula is C15H18N2O5. The molecule has 1 saturated heterocycles. The molecule has 22 heavy (non-hydrogen) atoms. The summed E-state index contributed by atoms with van der Waals surface area (Å²) in [7, 11) is 1.29. The van der Waals surface area contributed by atoms with Gasteiger partial charge in [-0.25, -0.2) is 9.59 Å². The maximum absolute atomic E-state index is 12.2. The summed E-state index contributed by atoms with van der Waals surface area (Å²) >= 11 is 0. The largest absolute Gasteiger partial charge is 0.465 e. The van der Waals surface area contributed by atoms with Crippen molar-refractivity contribution in [3.8, 4) is 5.75 Å². The van der Waals surface area contributed by atoms with E-state index >= 15 is 0 Å². The van der Waals surface area contributed by atoms with Gasteiger partial charge in [0.05, 0.1) is 12.7 Å². The maximum Gasteiger partial charge on any atom is 0.415 e. The van der Waals surface area contributed by atoms with Gasteiger partial charge in [0.15, 0.2) is 0 Å². The third-order valence-corrected chi connectivity index (χ3v) is 3.43. The highest BCUT2D eigenvalue weighted by Crippen LogP contribution is 2.16. The Labute approximate surface area is 128 Å². The van der Waals surface area contributed by atoms with Gasteiger partial charge in [0.2, 0.25) is 5.91 Å². The SMILES string of the molecule is CCC1C(=O)NCCN1C(=O)Oc1ccc(C(=O)OC)cc1. The zero-order chi connectivity index (χ0) is 16.1. The highest BCUT2D eigenvalue weighted by atomic mass is 16.6. The highest BCUT2D eigenvalue weighted by Gasteiger charge is 2.32. The van der Waals surface area contributed by atoms with Gasteiger partial charge in [0.25, 0.3) is 0 Å². The van der Waals surface area contributed by atoms with E-state index in [1.165, 1.54) is 36.3 Å². The number of hydrogen-bond donors (Lipinski definition) is 1. The van der Waals surface area contributed by atoms with Gasteiger partial charge >= 0.3 is 12.1 Å². The molecule has 1 aliphatic rings. The average molecular weight is 306 g/mol. The number of benzene rings is 1. The number of piperazine rings is 1. The van der Waals surface area contributed by atoms with Crippen LogP contribution in [0, 0.1) is 0 Å². The van der Waals surface area contributed by atoms with Crippen molar-refractivity contribution in [3.63, 3.8) is 0 Å². The van der Waals surface area contributed by atoms with E-state index < -0.39 is 18.1 Å². The standard InChI is InChI=1S/C15H18N2O5/c1-3-12-13(18)16-8-9-17(12)15(20)22-11-6-4-10(5-7-11)14(19)21-2/h4-7,12H,3,8-9H2,1-2H3,(H,16,18). The summed E-state index contributed by atoms with van der Waals surface area (Å²) in [5.41, 5.74) is 0.367. The second-order valence-electron chi connectivity index (χ2n) is 4.79. The van der Waals surface area contributed by atoms with E-state index in [4.69, 9.17) is 4.74 Å². The van der Waals surface area contributed by atoms with Crippen LogP contribution in [-0.4, -0.2) is 49.1 Å². The summed E-state index contributed by atoms with van der Waals surface area (Å²) in [6.07, 6.45) is -0.0603. The summed E-state index contributed by atoms with van der Waals surface area (Å²) in [5, 5.41) is 2.72. The van der Waals surface area contributed by atoms with E-state index in [1.807, 2.05) is 6.92 Å². The molecule has 0 spiro atoms. The second-order valence-corrected chi connectivity index (χ2v) is 4.79. The molecule has 1 N–H and O–H groups in total. The number of hydrogen-bond acceptors (Lipinski definition) is 5. The lowest BCUT2D eigenvalue weighted by Gasteiger charge is -2.33. The molecule has 2 amide bonds. The molecule has 118 valence electrons. The van der Waals surface area contributed by atoms with Gasteiger partial charge < -0.3 is 14.8 Å². The molecular weight excluding hydrogens is 288 g/mol. The molecule has 0 aliphatic carbocycles. The Kier molecular flexibility index (Phi) is 4.98. The number of carbonyl (C=O) groups is 3. The molecule has 0 aromatic heterocycles. The molecule has 7 nitrogen and oxygen atoms in total. The van der Waals surface area contributed by atoms with Crippen LogP contribution in [-0.2, 0) is 9.53 Å². The molecule has 0 bridgehead atoms. The Morgan fingerprint density at radius 2 is 2.00 bits per heavy atom. The van der Waals surface area contributed by atoms with Crippen molar-refractivity contribution in [1.82, 2.24) is 10.2 Å². The molecule has 7 heteroatoms. The quantitative estimate of drug-likeness (QED) is 0.848. The molecule has 1 fully saturated rings. The zero-order valence-electron chi connectivity index (χ0n) is 12.5. The molecule has 1 aromatic carbocycles. The van der Waals surface area contributed by atoms with Crippen molar-refractivity contribution in [2.75, 3.05) is 20.2 Å². The van der Waals surface area contributed by atoms with Crippen LogP contribution >= 0.6 is 0 Å². The number of methoxy groups -OCH3 is 1. The minimum atomic E-state index is -0.576. The molecule has 2 rings (SSSR count). The van der Waals surface area contributed by atoms with Gasteiger partial charge in [-0.05, 0) is 30.7 Å². The van der Waals surface area contributed by atoms with Crippen LogP contribution in [0.1, 0.15) is 23.7 Å². The molecule has 0 saturated carbocycles. The number of carbonyl (C=O) groups excluding carboxylic acids is 3.